The minimum atomic E-state index is -0.617. The normalized spacial score (nSPS) is 22.6. The van der Waals surface area contributed by atoms with Crippen molar-refractivity contribution in [2.75, 3.05) is 11.6 Å². The molecule has 1 N–H and O–H groups in total. The predicted molar refractivity (Wildman–Crippen MR) is 83.9 cm³/mol. The summed E-state index contributed by atoms with van der Waals surface area (Å²) in [4.78, 5) is 10.5. The highest BCUT2D eigenvalue weighted by Gasteiger charge is 2.24. The Balaban J connectivity index is 2.13. The Hall–Kier alpha value is -0.820. The summed E-state index contributed by atoms with van der Waals surface area (Å²) in [5, 5.41) is 14.9. The predicted octanol–water partition coefficient (Wildman–Crippen LogP) is 4.58. The van der Waals surface area contributed by atoms with E-state index in [0.29, 0.717) is 10.9 Å². The molecule has 1 aromatic rings. The van der Waals surface area contributed by atoms with Crippen LogP contribution >= 0.6 is 27.7 Å². The van der Waals surface area contributed by atoms with Gasteiger partial charge in [-0.15, -0.1) is 0 Å². The molecule has 0 heterocycles. The number of nitrogens with zero attached hydrogens (tertiary/aromatic N) is 1. The zero-order valence-electron chi connectivity index (χ0n) is 11.1. The SMILES string of the molecule is CSC1CCC(Nc2cc(Br)c(F)cc2[N+](=O)[O-])CC1. The highest BCUT2D eigenvalue weighted by Crippen LogP contribution is 2.34. The van der Waals surface area contributed by atoms with Gasteiger partial charge in [0.15, 0.2) is 0 Å². The van der Waals surface area contributed by atoms with E-state index in [9.17, 15) is 14.5 Å². The first kappa shape index (κ1) is 15.6. The summed E-state index contributed by atoms with van der Waals surface area (Å²) in [5.74, 6) is -0.617. The Morgan fingerprint density at radius 3 is 2.60 bits per heavy atom. The third-order valence-corrected chi connectivity index (χ3v) is 5.35. The van der Waals surface area contributed by atoms with Gasteiger partial charge < -0.3 is 5.32 Å². The second-order valence-electron chi connectivity index (χ2n) is 4.89. The molecule has 0 radical (unpaired) electrons. The molecule has 0 amide bonds. The molecular formula is C13H16BrFN2O2S. The third kappa shape index (κ3) is 3.63. The fourth-order valence-electron chi connectivity index (χ4n) is 2.47. The van der Waals surface area contributed by atoms with Gasteiger partial charge in [-0.25, -0.2) is 4.39 Å². The molecular weight excluding hydrogens is 347 g/mol. The molecule has 1 aromatic carbocycles. The van der Waals surface area contributed by atoms with E-state index >= 15 is 0 Å². The molecule has 110 valence electrons. The summed E-state index contributed by atoms with van der Waals surface area (Å²) < 4.78 is 13.7. The fraction of sp³-hybridized carbons (Fsp3) is 0.538. The summed E-state index contributed by atoms with van der Waals surface area (Å²) in [6, 6.07) is 2.63. The van der Waals surface area contributed by atoms with E-state index in [1.54, 1.807) is 0 Å². The van der Waals surface area contributed by atoms with Crippen LogP contribution in [0.15, 0.2) is 16.6 Å². The Morgan fingerprint density at radius 2 is 2.05 bits per heavy atom. The summed E-state index contributed by atoms with van der Waals surface area (Å²) in [5.41, 5.74) is 0.175. The highest BCUT2D eigenvalue weighted by atomic mass is 79.9. The largest absolute Gasteiger partial charge is 0.377 e. The first-order valence-corrected chi connectivity index (χ1v) is 8.52. The van der Waals surface area contributed by atoms with Gasteiger partial charge in [-0.1, -0.05) is 0 Å². The van der Waals surface area contributed by atoms with Crippen molar-refractivity contribution in [3.63, 3.8) is 0 Å². The van der Waals surface area contributed by atoms with E-state index in [2.05, 4.69) is 27.5 Å². The zero-order chi connectivity index (χ0) is 14.7. The van der Waals surface area contributed by atoms with Crippen LogP contribution in [0.3, 0.4) is 0 Å². The van der Waals surface area contributed by atoms with Gasteiger partial charge in [0.2, 0.25) is 0 Å². The molecule has 0 bridgehead atoms. The Bertz CT molecular complexity index is 507. The van der Waals surface area contributed by atoms with Gasteiger partial charge in [0, 0.05) is 11.3 Å². The lowest BCUT2D eigenvalue weighted by Gasteiger charge is -2.28. The molecule has 0 aliphatic heterocycles. The van der Waals surface area contributed by atoms with Crippen LogP contribution < -0.4 is 5.32 Å². The van der Waals surface area contributed by atoms with Crippen LogP contribution in [0, 0.1) is 15.9 Å². The summed E-state index contributed by atoms with van der Waals surface area (Å²) in [6.07, 6.45) is 6.29. The number of thioether (sulfide) groups is 1. The standard InChI is InChI=1S/C13H16BrFN2O2S/c1-20-9-4-2-8(3-5-9)16-12-6-10(14)11(15)7-13(12)17(18)19/h6-9,16H,2-5H2,1H3. The van der Waals surface area contributed by atoms with Gasteiger partial charge in [-0.3, -0.25) is 10.1 Å². The molecule has 1 aliphatic carbocycles. The number of halogens is 2. The van der Waals surface area contributed by atoms with Crippen LogP contribution in [0.2, 0.25) is 0 Å². The lowest BCUT2D eigenvalue weighted by atomic mass is 9.94. The van der Waals surface area contributed by atoms with Crippen molar-refractivity contribution in [1.82, 2.24) is 0 Å². The molecule has 0 unspecified atom stereocenters. The topological polar surface area (TPSA) is 55.2 Å². The summed E-state index contributed by atoms with van der Waals surface area (Å²) in [6.45, 7) is 0. The Labute approximate surface area is 129 Å². The van der Waals surface area contributed by atoms with Crippen molar-refractivity contribution in [3.8, 4) is 0 Å². The van der Waals surface area contributed by atoms with Crippen LogP contribution in [0.5, 0.6) is 0 Å². The second kappa shape index (κ2) is 6.76. The van der Waals surface area contributed by atoms with E-state index in [0.717, 1.165) is 31.7 Å². The number of hydrogen-bond donors (Lipinski definition) is 1. The van der Waals surface area contributed by atoms with E-state index in [1.165, 1.54) is 6.07 Å². The monoisotopic (exact) mass is 362 g/mol. The minimum absolute atomic E-state index is 0.210. The maximum absolute atomic E-state index is 13.4. The van der Waals surface area contributed by atoms with Crippen molar-refractivity contribution >= 4 is 39.1 Å². The molecule has 1 aliphatic rings. The van der Waals surface area contributed by atoms with E-state index in [4.69, 9.17) is 0 Å². The number of anilines is 1. The van der Waals surface area contributed by atoms with Crippen molar-refractivity contribution in [1.29, 1.82) is 0 Å². The number of benzene rings is 1. The maximum Gasteiger partial charge on any atom is 0.295 e. The lowest BCUT2D eigenvalue weighted by Crippen LogP contribution is -2.27. The fourth-order valence-corrected chi connectivity index (χ4v) is 3.55. The Kier molecular flexibility index (Phi) is 5.26. The summed E-state index contributed by atoms with van der Waals surface area (Å²) in [7, 11) is 0. The number of nitrogens with one attached hydrogen (secondary N) is 1. The van der Waals surface area contributed by atoms with Crippen LogP contribution in [0.25, 0.3) is 0 Å². The maximum atomic E-state index is 13.4. The summed E-state index contributed by atoms with van der Waals surface area (Å²) >= 11 is 4.95. The van der Waals surface area contributed by atoms with E-state index < -0.39 is 10.7 Å². The molecule has 0 atom stereocenters. The van der Waals surface area contributed by atoms with Crippen LogP contribution in [-0.2, 0) is 0 Å². The molecule has 1 saturated carbocycles. The van der Waals surface area contributed by atoms with Gasteiger partial charge in [0.25, 0.3) is 5.69 Å². The average molecular weight is 363 g/mol. The second-order valence-corrected chi connectivity index (χ2v) is 6.89. The molecule has 2 rings (SSSR count). The molecule has 4 nitrogen and oxygen atoms in total. The van der Waals surface area contributed by atoms with Gasteiger partial charge >= 0.3 is 0 Å². The highest BCUT2D eigenvalue weighted by molar-refractivity contribution is 9.10. The molecule has 0 spiro atoms. The van der Waals surface area contributed by atoms with E-state index in [1.807, 2.05) is 11.8 Å². The van der Waals surface area contributed by atoms with Crippen LogP contribution in [-0.4, -0.2) is 22.5 Å². The first-order valence-electron chi connectivity index (χ1n) is 6.44. The number of nitro groups is 1. The van der Waals surface area contributed by atoms with Gasteiger partial charge in [0.1, 0.15) is 11.5 Å². The third-order valence-electron chi connectivity index (χ3n) is 3.60. The van der Waals surface area contributed by atoms with Crippen molar-refractivity contribution in [3.05, 3.63) is 32.5 Å². The number of hydrogen-bond acceptors (Lipinski definition) is 4. The van der Waals surface area contributed by atoms with Crippen molar-refractivity contribution < 1.29 is 9.31 Å². The van der Waals surface area contributed by atoms with Crippen molar-refractivity contribution in [2.24, 2.45) is 0 Å². The number of nitro benzene ring substituents is 1. The number of rotatable bonds is 4. The van der Waals surface area contributed by atoms with Gasteiger partial charge in [0.05, 0.1) is 15.5 Å². The molecule has 7 heteroatoms. The zero-order valence-corrected chi connectivity index (χ0v) is 13.5. The smallest absolute Gasteiger partial charge is 0.295 e. The van der Waals surface area contributed by atoms with Crippen LogP contribution in [0.1, 0.15) is 25.7 Å². The molecule has 20 heavy (non-hydrogen) atoms. The van der Waals surface area contributed by atoms with Crippen molar-refractivity contribution in [2.45, 2.75) is 37.0 Å². The lowest BCUT2D eigenvalue weighted by molar-refractivity contribution is -0.384. The molecule has 1 fully saturated rings. The molecule has 0 saturated heterocycles. The average Bonchev–Trinajstić information content (AvgIpc) is 2.43. The minimum Gasteiger partial charge on any atom is -0.377 e. The Morgan fingerprint density at radius 1 is 1.40 bits per heavy atom. The van der Waals surface area contributed by atoms with Gasteiger partial charge in [-0.2, -0.15) is 11.8 Å². The quantitative estimate of drug-likeness (QED) is 0.628. The van der Waals surface area contributed by atoms with E-state index in [-0.39, 0.29) is 16.2 Å². The van der Waals surface area contributed by atoms with Crippen LogP contribution in [0.4, 0.5) is 15.8 Å². The first-order chi connectivity index (χ1) is 9.51. The molecule has 0 aromatic heterocycles. The van der Waals surface area contributed by atoms with Gasteiger partial charge in [-0.05, 0) is 53.9 Å².